The quantitative estimate of drug-likeness (QED) is 0.843. The fraction of sp³-hybridized carbons (Fsp3) is 0.625. The Bertz CT molecular complexity index is 658. The number of aromatic amines is 1. The Morgan fingerprint density at radius 3 is 2.70 bits per heavy atom. The van der Waals surface area contributed by atoms with Crippen molar-refractivity contribution in [3.05, 3.63) is 27.7 Å². The van der Waals surface area contributed by atoms with E-state index < -0.39 is 0 Å². The first kappa shape index (κ1) is 15.7. The Balaban J connectivity index is 1.46. The number of rotatable bonds is 4. The molecule has 124 valence electrons. The number of aryl methyl sites for hydroxylation is 1. The molecule has 2 aliphatic rings. The van der Waals surface area contributed by atoms with E-state index in [1.54, 1.807) is 11.8 Å². The Hall–Kier alpha value is -2.18. The number of amides is 2. The second-order valence-electron chi connectivity index (χ2n) is 6.57. The second kappa shape index (κ2) is 6.52. The average molecular weight is 318 g/mol. The van der Waals surface area contributed by atoms with Crippen LogP contribution in [-0.2, 0) is 4.79 Å². The van der Waals surface area contributed by atoms with E-state index in [0.717, 1.165) is 25.7 Å². The Kier molecular flexibility index (Phi) is 4.45. The van der Waals surface area contributed by atoms with Crippen LogP contribution in [0.2, 0.25) is 0 Å². The summed E-state index contributed by atoms with van der Waals surface area (Å²) < 4.78 is 0. The number of hydrogen-bond acceptors (Lipinski definition) is 4. The molecule has 1 aromatic rings. The molecule has 1 aromatic heterocycles. The second-order valence-corrected chi connectivity index (χ2v) is 6.57. The molecule has 2 fully saturated rings. The zero-order valence-electron chi connectivity index (χ0n) is 13.3. The highest BCUT2D eigenvalue weighted by atomic mass is 16.2. The van der Waals surface area contributed by atoms with Crippen molar-refractivity contribution in [3.63, 3.8) is 0 Å². The standard InChI is InChI=1S/C16H22N4O3/c1-10-6-13(21)14(19-18-10)16(23)20-8-11(9-20)7-17-15(22)12-4-2-3-5-12/h6,11-12H,2-5,7-9H2,1H3,(H,17,22)(H,18,21). The Morgan fingerprint density at radius 1 is 1.35 bits per heavy atom. The summed E-state index contributed by atoms with van der Waals surface area (Å²) in [6.07, 6.45) is 4.26. The molecule has 0 aromatic carbocycles. The number of H-pyrrole nitrogens is 1. The molecule has 3 rings (SSSR count). The van der Waals surface area contributed by atoms with Crippen LogP contribution in [0, 0.1) is 18.8 Å². The van der Waals surface area contributed by atoms with Crippen LogP contribution in [0.25, 0.3) is 0 Å². The van der Waals surface area contributed by atoms with Crippen molar-refractivity contribution in [2.45, 2.75) is 32.6 Å². The predicted molar refractivity (Wildman–Crippen MR) is 84.0 cm³/mol. The molecule has 1 saturated carbocycles. The maximum absolute atomic E-state index is 12.2. The number of carbonyl (C=O) groups is 2. The molecule has 2 heterocycles. The lowest BCUT2D eigenvalue weighted by molar-refractivity contribution is -0.125. The molecular formula is C16H22N4O3. The highest BCUT2D eigenvalue weighted by Crippen LogP contribution is 2.25. The van der Waals surface area contributed by atoms with E-state index in [-0.39, 0.29) is 34.8 Å². The van der Waals surface area contributed by atoms with Crippen molar-refractivity contribution in [3.8, 4) is 0 Å². The fourth-order valence-corrected chi connectivity index (χ4v) is 3.24. The lowest BCUT2D eigenvalue weighted by Crippen LogP contribution is -2.55. The third-order valence-electron chi connectivity index (χ3n) is 4.66. The summed E-state index contributed by atoms with van der Waals surface area (Å²) in [5, 5.41) is 9.47. The van der Waals surface area contributed by atoms with Crippen molar-refractivity contribution >= 4 is 11.8 Å². The minimum absolute atomic E-state index is 0.0657. The van der Waals surface area contributed by atoms with Crippen molar-refractivity contribution in [1.82, 2.24) is 20.4 Å². The fourth-order valence-electron chi connectivity index (χ4n) is 3.24. The molecule has 23 heavy (non-hydrogen) atoms. The lowest BCUT2D eigenvalue weighted by Gasteiger charge is -2.39. The molecule has 2 N–H and O–H groups in total. The SMILES string of the molecule is Cc1cc(=O)c(C(=O)N2CC(CNC(=O)C3CCCC3)C2)n[nH]1. The van der Waals surface area contributed by atoms with Gasteiger partial charge in [0.25, 0.3) is 5.91 Å². The van der Waals surface area contributed by atoms with E-state index in [4.69, 9.17) is 0 Å². The number of nitrogens with zero attached hydrogens (tertiary/aromatic N) is 2. The first-order chi connectivity index (χ1) is 11.0. The molecule has 1 aliphatic heterocycles. The van der Waals surface area contributed by atoms with Gasteiger partial charge in [-0.05, 0) is 19.8 Å². The smallest absolute Gasteiger partial charge is 0.278 e. The van der Waals surface area contributed by atoms with Crippen molar-refractivity contribution < 1.29 is 9.59 Å². The summed E-state index contributed by atoms with van der Waals surface area (Å²) in [7, 11) is 0. The first-order valence-corrected chi connectivity index (χ1v) is 8.18. The number of nitrogens with one attached hydrogen (secondary N) is 2. The first-order valence-electron chi connectivity index (χ1n) is 8.18. The maximum Gasteiger partial charge on any atom is 0.278 e. The van der Waals surface area contributed by atoms with Crippen molar-refractivity contribution in [2.75, 3.05) is 19.6 Å². The van der Waals surface area contributed by atoms with E-state index in [1.807, 2.05) is 0 Å². The largest absolute Gasteiger partial charge is 0.355 e. The van der Waals surface area contributed by atoms with Gasteiger partial charge in [-0.1, -0.05) is 12.8 Å². The summed E-state index contributed by atoms with van der Waals surface area (Å²) >= 11 is 0. The Labute approximate surface area is 134 Å². The van der Waals surface area contributed by atoms with E-state index in [0.29, 0.717) is 25.3 Å². The summed E-state index contributed by atoms with van der Waals surface area (Å²) in [5.41, 5.74) is 0.205. The van der Waals surface area contributed by atoms with Gasteiger partial charge in [-0.25, -0.2) is 0 Å². The van der Waals surface area contributed by atoms with Gasteiger partial charge in [0.2, 0.25) is 11.3 Å². The lowest BCUT2D eigenvalue weighted by atomic mass is 9.99. The number of hydrogen-bond donors (Lipinski definition) is 2. The minimum Gasteiger partial charge on any atom is -0.355 e. The Morgan fingerprint density at radius 2 is 2.04 bits per heavy atom. The minimum atomic E-state index is -0.357. The van der Waals surface area contributed by atoms with E-state index >= 15 is 0 Å². The normalized spacial score (nSPS) is 18.7. The van der Waals surface area contributed by atoms with Gasteiger partial charge in [0.15, 0.2) is 5.69 Å². The van der Waals surface area contributed by atoms with Crippen LogP contribution in [0.15, 0.2) is 10.9 Å². The number of likely N-dealkylation sites (tertiary alicyclic amines) is 1. The molecule has 1 aliphatic carbocycles. The highest BCUT2D eigenvalue weighted by Gasteiger charge is 2.33. The summed E-state index contributed by atoms with van der Waals surface area (Å²) in [5.74, 6) is 0.227. The van der Waals surface area contributed by atoms with Gasteiger partial charge < -0.3 is 10.2 Å². The van der Waals surface area contributed by atoms with Crippen LogP contribution in [0.4, 0.5) is 0 Å². The molecule has 0 bridgehead atoms. The topological polar surface area (TPSA) is 95.2 Å². The molecule has 2 amide bonds. The number of carbonyl (C=O) groups excluding carboxylic acids is 2. The van der Waals surface area contributed by atoms with Crippen LogP contribution < -0.4 is 10.7 Å². The molecule has 0 radical (unpaired) electrons. The van der Waals surface area contributed by atoms with Gasteiger partial charge in [-0.15, -0.1) is 0 Å². The maximum atomic E-state index is 12.2. The van der Waals surface area contributed by atoms with Gasteiger partial charge >= 0.3 is 0 Å². The number of aromatic nitrogens is 2. The van der Waals surface area contributed by atoms with Crippen molar-refractivity contribution in [2.24, 2.45) is 11.8 Å². The highest BCUT2D eigenvalue weighted by molar-refractivity contribution is 5.92. The van der Waals surface area contributed by atoms with Crippen LogP contribution in [-0.4, -0.2) is 46.5 Å². The van der Waals surface area contributed by atoms with Crippen LogP contribution >= 0.6 is 0 Å². The molecule has 7 heteroatoms. The van der Waals surface area contributed by atoms with Crippen molar-refractivity contribution in [1.29, 1.82) is 0 Å². The van der Waals surface area contributed by atoms with Gasteiger partial charge in [-0.3, -0.25) is 19.5 Å². The van der Waals surface area contributed by atoms with Gasteiger partial charge in [0.05, 0.1) is 0 Å². The molecule has 7 nitrogen and oxygen atoms in total. The molecule has 0 spiro atoms. The zero-order valence-corrected chi connectivity index (χ0v) is 13.3. The average Bonchev–Trinajstić information content (AvgIpc) is 2.99. The summed E-state index contributed by atoms with van der Waals surface area (Å²) in [4.78, 5) is 37.5. The van der Waals surface area contributed by atoms with Crippen LogP contribution in [0.3, 0.4) is 0 Å². The summed E-state index contributed by atoms with van der Waals surface area (Å²) in [6.45, 7) is 3.42. The summed E-state index contributed by atoms with van der Waals surface area (Å²) in [6, 6.07) is 1.37. The predicted octanol–water partition coefficient (Wildman–Crippen LogP) is 0.457. The third kappa shape index (κ3) is 3.43. The van der Waals surface area contributed by atoms with E-state index in [2.05, 4.69) is 15.5 Å². The molecular weight excluding hydrogens is 296 g/mol. The monoisotopic (exact) mass is 318 g/mol. The van der Waals surface area contributed by atoms with Gasteiger partial charge in [0, 0.05) is 43.2 Å². The third-order valence-corrected chi connectivity index (χ3v) is 4.66. The van der Waals surface area contributed by atoms with Crippen LogP contribution in [0.1, 0.15) is 41.9 Å². The van der Waals surface area contributed by atoms with Gasteiger partial charge in [0.1, 0.15) is 0 Å². The zero-order chi connectivity index (χ0) is 16.4. The van der Waals surface area contributed by atoms with Crippen LogP contribution in [0.5, 0.6) is 0 Å². The molecule has 0 atom stereocenters. The molecule has 0 unspecified atom stereocenters. The van der Waals surface area contributed by atoms with E-state index in [1.165, 1.54) is 6.07 Å². The van der Waals surface area contributed by atoms with Gasteiger partial charge in [-0.2, -0.15) is 5.10 Å². The molecule has 1 saturated heterocycles. The van der Waals surface area contributed by atoms with E-state index in [9.17, 15) is 14.4 Å².